The van der Waals surface area contributed by atoms with Crippen LogP contribution in [0.5, 0.6) is 0 Å². The Labute approximate surface area is 155 Å². The van der Waals surface area contributed by atoms with Crippen LogP contribution < -0.4 is 4.90 Å². The van der Waals surface area contributed by atoms with Crippen LogP contribution in [-0.2, 0) is 6.42 Å². The van der Waals surface area contributed by atoms with Crippen LogP contribution in [0.4, 0.5) is 9.80 Å². The van der Waals surface area contributed by atoms with E-state index in [1.807, 2.05) is 49.6 Å². The number of allylic oxidation sites excluding steroid dienone is 1. The smallest absolute Gasteiger partial charge is 0.305 e. The summed E-state index contributed by atoms with van der Waals surface area (Å²) in [7, 11) is 0. The summed E-state index contributed by atoms with van der Waals surface area (Å²) in [6.07, 6.45) is 10.5. The van der Waals surface area contributed by atoms with E-state index < -0.39 is 0 Å². The first-order valence-electron chi connectivity index (χ1n) is 8.77. The first-order chi connectivity index (χ1) is 11.9. The maximum atomic E-state index is 13.1. The summed E-state index contributed by atoms with van der Waals surface area (Å²) in [6, 6.07) is 0.0624. The van der Waals surface area contributed by atoms with Crippen molar-refractivity contribution < 1.29 is 4.79 Å². The number of anilines is 1. The van der Waals surface area contributed by atoms with Gasteiger partial charge in [-0.15, -0.1) is 12.3 Å². The zero-order chi connectivity index (χ0) is 18.6. The second-order valence-corrected chi connectivity index (χ2v) is 7.32. The van der Waals surface area contributed by atoms with Crippen LogP contribution in [0.25, 0.3) is 0 Å². The number of nitrogens with zero attached hydrogens (tertiary/aromatic N) is 4. The molecule has 1 saturated heterocycles. The molecule has 25 heavy (non-hydrogen) atoms. The zero-order valence-corrected chi connectivity index (χ0v) is 16.6. The molecule has 2 atom stereocenters. The number of aromatic nitrogens is 1. The summed E-state index contributed by atoms with van der Waals surface area (Å²) in [5.74, 6) is 2.93. The minimum absolute atomic E-state index is 0.0304. The van der Waals surface area contributed by atoms with Crippen molar-refractivity contribution in [3.05, 3.63) is 23.4 Å². The number of aryl methyl sites for hydroxylation is 1. The molecular formula is C19H28N4OS. The molecule has 2 unspecified atom stereocenters. The monoisotopic (exact) mass is 360 g/mol. The SMILES string of the molecule is C#CC(C)CN1CN(c2snc(CC)c2C)C(=O)N(C(C)/C=C/C)C1. The molecule has 0 spiro atoms. The van der Waals surface area contributed by atoms with Crippen LogP contribution in [0, 0.1) is 25.2 Å². The lowest BCUT2D eigenvalue weighted by Gasteiger charge is -2.44. The Morgan fingerprint density at radius 2 is 2.12 bits per heavy atom. The Balaban J connectivity index is 2.33. The maximum Gasteiger partial charge on any atom is 0.327 e. The fourth-order valence-electron chi connectivity index (χ4n) is 3.07. The fourth-order valence-corrected chi connectivity index (χ4v) is 4.02. The van der Waals surface area contributed by atoms with E-state index in [0.717, 1.165) is 29.2 Å². The summed E-state index contributed by atoms with van der Waals surface area (Å²) in [4.78, 5) is 19.1. The molecule has 1 aliphatic heterocycles. The van der Waals surface area contributed by atoms with Crippen LogP contribution in [0.2, 0.25) is 0 Å². The number of hydrogen-bond donors (Lipinski definition) is 0. The number of carbonyl (C=O) groups excluding carboxylic acids is 1. The normalized spacial score (nSPS) is 18.6. The van der Waals surface area contributed by atoms with Crippen molar-refractivity contribution in [3.8, 4) is 12.3 Å². The van der Waals surface area contributed by atoms with E-state index in [1.165, 1.54) is 11.5 Å². The molecule has 1 aliphatic rings. The summed E-state index contributed by atoms with van der Waals surface area (Å²) in [5.41, 5.74) is 2.17. The van der Waals surface area contributed by atoms with Crippen molar-refractivity contribution >= 4 is 22.6 Å². The molecular weight excluding hydrogens is 332 g/mol. The van der Waals surface area contributed by atoms with Gasteiger partial charge in [0, 0.05) is 18.0 Å². The molecule has 5 nitrogen and oxygen atoms in total. The summed E-state index contributed by atoms with van der Waals surface area (Å²) >= 11 is 1.41. The van der Waals surface area contributed by atoms with E-state index in [0.29, 0.717) is 13.3 Å². The molecule has 6 heteroatoms. The molecule has 2 rings (SSSR count). The van der Waals surface area contributed by atoms with Crippen molar-refractivity contribution in [3.63, 3.8) is 0 Å². The number of amides is 2. The van der Waals surface area contributed by atoms with Crippen LogP contribution in [0.1, 0.15) is 39.0 Å². The maximum absolute atomic E-state index is 13.1. The van der Waals surface area contributed by atoms with Crippen LogP contribution in [0.15, 0.2) is 12.2 Å². The topological polar surface area (TPSA) is 39.7 Å². The molecule has 0 saturated carbocycles. The fraction of sp³-hybridized carbons (Fsp3) is 0.579. The first kappa shape index (κ1) is 19.5. The van der Waals surface area contributed by atoms with Crippen molar-refractivity contribution in [2.24, 2.45) is 5.92 Å². The molecule has 0 aliphatic carbocycles. The molecule has 0 aromatic carbocycles. The average molecular weight is 361 g/mol. The third-order valence-corrected chi connectivity index (χ3v) is 5.54. The van der Waals surface area contributed by atoms with Crippen molar-refractivity contribution in [1.82, 2.24) is 14.2 Å². The van der Waals surface area contributed by atoms with Gasteiger partial charge in [-0.3, -0.25) is 9.80 Å². The lowest BCUT2D eigenvalue weighted by atomic mass is 10.2. The minimum Gasteiger partial charge on any atom is -0.305 e. The highest BCUT2D eigenvalue weighted by atomic mass is 32.1. The Kier molecular flexibility index (Phi) is 6.63. The second-order valence-electron chi connectivity index (χ2n) is 6.56. The number of urea groups is 1. The predicted molar refractivity (Wildman–Crippen MR) is 105 cm³/mol. The van der Waals surface area contributed by atoms with Gasteiger partial charge < -0.3 is 4.90 Å². The molecule has 136 valence electrons. The lowest BCUT2D eigenvalue weighted by molar-refractivity contribution is 0.0993. The van der Waals surface area contributed by atoms with Gasteiger partial charge in [0.25, 0.3) is 0 Å². The van der Waals surface area contributed by atoms with Crippen molar-refractivity contribution in [2.45, 2.75) is 47.1 Å². The third-order valence-electron chi connectivity index (χ3n) is 4.53. The number of carbonyl (C=O) groups is 1. The van der Waals surface area contributed by atoms with Crippen LogP contribution in [-0.4, -0.2) is 46.1 Å². The van der Waals surface area contributed by atoms with Gasteiger partial charge in [-0.05, 0) is 38.7 Å². The van der Waals surface area contributed by atoms with Crippen molar-refractivity contribution in [1.29, 1.82) is 0 Å². The molecule has 1 aromatic rings. The van der Waals surface area contributed by atoms with E-state index in [4.69, 9.17) is 6.42 Å². The molecule has 0 radical (unpaired) electrons. The quantitative estimate of drug-likeness (QED) is 0.573. The Hall–Kier alpha value is -1.84. The first-order valence-corrected chi connectivity index (χ1v) is 9.54. The van der Waals surface area contributed by atoms with E-state index in [9.17, 15) is 4.79 Å². The molecule has 0 N–H and O–H groups in total. The average Bonchev–Trinajstić information content (AvgIpc) is 2.96. The highest BCUT2D eigenvalue weighted by Gasteiger charge is 2.35. The summed E-state index contributed by atoms with van der Waals surface area (Å²) in [5, 5.41) is 0.942. The number of rotatable bonds is 6. The van der Waals surface area contributed by atoms with Gasteiger partial charge in [-0.2, -0.15) is 4.37 Å². The van der Waals surface area contributed by atoms with E-state index >= 15 is 0 Å². The predicted octanol–water partition coefficient (Wildman–Crippen LogP) is 3.71. The third kappa shape index (κ3) is 4.23. The van der Waals surface area contributed by atoms with E-state index in [2.05, 4.69) is 22.1 Å². The van der Waals surface area contributed by atoms with Gasteiger partial charge in [0.1, 0.15) is 5.00 Å². The van der Waals surface area contributed by atoms with Gasteiger partial charge in [-0.25, -0.2) is 4.79 Å². The van der Waals surface area contributed by atoms with Crippen LogP contribution >= 0.6 is 11.5 Å². The summed E-state index contributed by atoms with van der Waals surface area (Å²) in [6.45, 7) is 12.1. The number of hydrogen-bond acceptors (Lipinski definition) is 4. The van der Waals surface area contributed by atoms with Gasteiger partial charge in [0.15, 0.2) is 0 Å². The Morgan fingerprint density at radius 1 is 1.40 bits per heavy atom. The van der Waals surface area contributed by atoms with Gasteiger partial charge in [0.2, 0.25) is 0 Å². The highest BCUT2D eigenvalue weighted by Crippen LogP contribution is 2.31. The van der Waals surface area contributed by atoms with Crippen LogP contribution in [0.3, 0.4) is 0 Å². The Morgan fingerprint density at radius 3 is 2.68 bits per heavy atom. The lowest BCUT2D eigenvalue weighted by Crippen LogP contribution is -2.60. The minimum atomic E-state index is 0.0304. The van der Waals surface area contributed by atoms with E-state index in [1.54, 1.807) is 0 Å². The molecule has 2 amide bonds. The molecule has 1 fully saturated rings. The van der Waals surface area contributed by atoms with E-state index in [-0.39, 0.29) is 18.0 Å². The van der Waals surface area contributed by atoms with Gasteiger partial charge in [0.05, 0.1) is 25.1 Å². The van der Waals surface area contributed by atoms with Gasteiger partial charge in [-0.1, -0.05) is 26.0 Å². The second kappa shape index (κ2) is 8.50. The highest BCUT2D eigenvalue weighted by molar-refractivity contribution is 7.10. The van der Waals surface area contributed by atoms with Crippen molar-refractivity contribution in [2.75, 3.05) is 24.8 Å². The van der Waals surface area contributed by atoms with Gasteiger partial charge >= 0.3 is 6.03 Å². The Bertz CT molecular complexity index is 675. The zero-order valence-electron chi connectivity index (χ0n) is 15.8. The summed E-state index contributed by atoms with van der Waals surface area (Å²) < 4.78 is 4.52. The molecule has 0 bridgehead atoms. The standard InChI is InChI=1S/C19H28N4OS/c1-7-10-15(5)22-12-21(11-14(4)8-2)13-23(19(22)24)18-16(6)17(9-3)20-25-18/h2,7,10,14-15H,9,11-13H2,1,3-6H3/b10-7+. The number of terminal acetylenes is 1. The molecule has 2 heterocycles. The largest absolute Gasteiger partial charge is 0.327 e. The molecule has 1 aromatic heterocycles.